The molecule has 0 fully saturated rings. The second-order valence-electron chi connectivity index (χ2n) is 5.76. The number of esters is 1. The first-order valence-electron chi connectivity index (χ1n) is 8.71. The number of hydrogen-bond acceptors (Lipinski definition) is 6. The number of methoxy groups -OCH3 is 2. The van der Waals surface area contributed by atoms with Crippen LogP contribution in [0.1, 0.15) is 22.3 Å². The molecule has 0 amide bonds. The molecule has 0 saturated heterocycles. The molecule has 0 saturated carbocycles. The number of carboxylic acids is 1. The molecule has 7 nitrogen and oxygen atoms in total. The highest BCUT2D eigenvalue weighted by atomic mass is 16.5. The van der Waals surface area contributed by atoms with Crippen molar-refractivity contribution >= 4 is 18.0 Å². The lowest BCUT2D eigenvalue weighted by Gasteiger charge is -2.10. The SMILES string of the molecule is C=CCCOc1ccc(C(=O)Oc2ccc(/C=C(/OC)C(=O)O)c(OC)c2)cc1. The first-order chi connectivity index (χ1) is 14.0. The van der Waals surface area contributed by atoms with Crippen LogP contribution in [0, 0.1) is 0 Å². The average Bonchev–Trinajstić information content (AvgIpc) is 2.73. The Morgan fingerprint density at radius 1 is 1.07 bits per heavy atom. The Bertz CT molecular complexity index is 898. The number of carbonyl (C=O) groups is 2. The van der Waals surface area contributed by atoms with Gasteiger partial charge in [0.05, 0.1) is 26.4 Å². The lowest BCUT2D eigenvalue weighted by Crippen LogP contribution is -2.08. The third kappa shape index (κ3) is 6.14. The highest BCUT2D eigenvalue weighted by Crippen LogP contribution is 2.27. The van der Waals surface area contributed by atoms with Gasteiger partial charge >= 0.3 is 11.9 Å². The van der Waals surface area contributed by atoms with Crippen LogP contribution < -0.4 is 14.2 Å². The van der Waals surface area contributed by atoms with E-state index in [-0.39, 0.29) is 11.5 Å². The normalized spacial score (nSPS) is 10.8. The molecule has 0 radical (unpaired) electrons. The van der Waals surface area contributed by atoms with Crippen LogP contribution in [0.3, 0.4) is 0 Å². The predicted octanol–water partition coefficient (Wildman–Crippen LogP) is 3.94. The van der Waals surface area contributed by atoms with Gasteiger partial charge in [0.2, 0.25) is 5.76 Å². The van der Waals surface area contributed by atoms with Crippen LogP contribution in [0.25, 0.3) is 6.08 Å². The average molecular weight is 398 g/mol. The zero-order chi connectivity index (χ0) is 21.2. The van der Waals surface area contributed by atoms with Crippen LogP contribution in [0.2, 0.25) is 0 Å². The van der Waals surface area contributed by atoms with Crippen LogP contribution in [-0.2, 0) is 9.53 Å². The highest BCUT2D eigenvalue weighted by molar-refractivity contribution is 5.92. The third-order valence-electron chi connectivity index (χ3n) is 3.81. The van der Waals surface area contributed by atoms with Crippen LogP contribution in [-0.4, -0.2) is 37.9 Å². The lowest BCUT2D eigenvalue weighted by molar-refractivity contribution is -0.135. The molecule has 0 atom stereocenters. The van der Waals surface area contributed by atoms with Crippen molar-refractivity contribution in [1.82, 2.24) is 0 Å². The third-order valence-corrected chi connectivity index (χ3v) is 3.81. The molecule has 2 rings (SSSR count). The number of carbonyl (C=O) groups excluding carboxylic acids is 1. The van der Waals surface area contributed by atoms with Crippen molar-refractivity contribution < 1.29 is 33.6 Å². The molecular weight excluding hydrogens is 376 g/mol. The number of aliphatic carboxylic acids is 1. The van der Waals surface area contributed by atoms with Crippen molar-refractivity contribution in [1.29, 1.82) is 0 Å². The molecule has 29 heavy (non-hydrogen) atoms. The van der Waals surface area contributed by atoms with Crippen molar-refractivity contribution in [2.24, 2.45) is 0 Å². The Labute approximate surface area is 168 Å². The molecule has 1 N–H and O–H groups in total. The summed E-state index contributed by atoms with van der Waals surface area (Å²) in [5.74, 6) is -0.767. The van der Waals surface area contributed by atoms with Crippen molar-refractivity contribution in [3.63, 3.8) is 0 Å². The molecule has 0 aliphatic carbocycles. The van der Waals surface area contributed by atoms with Crippen molar-refractivity contribution in [3.05, 3.63) is 72.0 Å². The molecule has 152 valence electrons. The summed E-state index contributed by atoms with van der Waals surface area (Å²) in [6.45, 7) is 4.14. The van der Waals surface area contributed by atoms with Crippen molar-refractivity contribution in [2.45, 2.75) is 6.42 Å². The minimum atomic E-state index is -1.21. The predicted molar refractivity (Wildman–Crippen MR) is 107 cm³/mol. The molecule has 2 aromatic rings. The van der Waals surface area contributed by atoms with E-state index in [1.54, 1.807) is 36.4 Å². The summed E-state index contributed by atoms with van der Waals surface area (Å²) >= 11 is 0. The fourth-order valence-electron chi connectivity index (χ4n) is 2.34. The molecule has 0 aliphatic heterocycles. The van der Waals surface area contributed by atoms with Gasteiger partial charge in [-0.15, -0.1) is 6.58 Å². The van der Waals surface area contributed by atoms with Gasteiger partial charge in [-0.3, -0.25) is 0 Å². The smallest absolute Gasteiger partial charge is 0.371 e. The fourth-order valence-corrected chi connectivity index (χ4v) is 2.34. The van der Waals surface area contributed by atoms with Crippen LogP contribution in [0.5, 0.6) is 17.2 Å². The van der Waals surface area contributed by atoms with Gasteiger partial charge in [-0.25, -0.2) is 9.59 Å². The van der Waals surface area contributed by atoms with Gasteiger partial charge in [0.15, 0.2) is 0 Å². The summed E-state index contributed by atoms with van der Waals surface area (Å²) in [5.41, 5.74) is 0.823. The molecular formula is C22H22O7. The standard InChI is InChI=1S/C22H22O7/c1-4-5-12-28-17-9-6-15(7-10-17)22(25)29-18-11-8-16(19(14-18)26-2)13-20(27-3)21(23)24/h4,6-11,13-14H,1,5,12H2,2-3H3,(H,23,24)/b20-13+. The first kappa shape index (κ1) is 21.6. The van der Waals surface area contributed by atoms with E-state index >= 15 is 0 Å². The lowest BCUT2D eigenvalue weighted by atomic mass is 10.1. The minimum absolute atomic E-state index is 0.247. The minimum Gasteiger partial charge on any atom is -0.496 e. The number of benzene rings is 2. The monoisotopic (exact) mass is 398 g/mol. The molecule has 0 unspecified atom stereocenters. The quantitative estimate of drug-likeness (QED) is 0.162. The van der Waals surface area contributed by atoms with Gasteiger partial charge < -0.3 is 24.1 Å². The maximum Gasteiger partial charge on any atom is 0.371 e. The van der Waals surface area contributed by atoms with Crippen LogP contribution >= 0.6 is 0 Å². The van der Waals surface area contributed by atoms with Gasteiger partial charge in [0, 0.05) is 11.6 Å². The van der Waals surface area contributed by atoms with Crippen molar-refractivity contribution in [2.75, 3.05) is 20.8 Å². The summed E-state index contributed by atoms with van der Waals surface area (Å²) in [4.78, 5) is 23.4. The number of rotatable bonds is 10. The van der Waals surface area contributed by atoms with Crippen LogP contribution in [0.4, 0.5) is 0 Å². The van der Waals surface area contributed by atoms with Gasteiger partial charge in [-0.05, 0) is 48.9 Å². The summed E-state index contributed by atoms with van der Waals surface area (Å²) in [7, 11) is 2.69. The molecule has 0 heterocycles. The van der Waals surface area contributed by atoms with E-state index in [1.807, 2.05) is 0 Å². The highest BCUT2D eigenvalue weighted by Gasteiger charge is 2.13. The van der Waals surface area contributed by atoms with E-state index in [0.717, 1.165) is 6.42 Å². The molecule has 0 aliphatic rings. The summed E-state index contributed by atoms with van der Waals surface area (Å²) in [5, 5.41) is 9.06. The van der Waals surface area contributed by atoms with Gasteiger partial charge in [0.25, 0.3) is 0 Å². The zero-order valence-corrected chi connectivity index (χ0v) is 16.2. The number of ether oxygens (including phenoxy) is 4. The fraction of sp³-hybridized carbons (Fsp3) is 0.182. The van der Waals surface area contributed by atoms with Gasteiger partial charge in [-0.2, -0.15) is 0 Å². The maximum atomic E-state index is 12.4. The van der Waals surface area contributed by atoms with Gasteiger partial charge in [0.1, 0.15) is 17.2 Å². The Morgan fingerprint density at radius 2 is 1.76 bits per heavy atom. The van der Waals surface area contributed by atoms with E-state index in [2.05, 4.69) is 6.58 Å². The second kappa shape index (κ2) is 10.6. The largest absolute Gasteiger partial charge is 0.496 e. The van der Waals surface area contributed by atoms with E-state index in [9.17, 15) is 9.59 Å². The Hall–Kier alpha value is -3.74. The topological polar surface area (TPSA) is 91.3 Å². The van der Waals surface area contributed by atoms with E-state index in [4.69, 9.17) is 24.1 Å². The van der Waals surface area contributed by atoms with Gasteiger partial charge in [-0.1, -0.05) is 6.08 Å². The maximum absolute atomic E-state index is 12.4. The Kier molecular flexibility index (Phi) is 7.85. The van der Waals surface area contributed by atoms with Crippen LogP contribution in [0.15, 0.2) is 60.9 Å². The first-order valence-corrected chi connectivity index (χ1v) is 8.71. The van der Waals surface area contributed by atoms with E-state index in [1.165, 1.54) is 32.4 Å². The summed E-state index contributed by atoms with van der Waals surface area (Å²) in [6.07, 6.45) is 3.81. The molecule has 2 aromatic carbocycles. The van der Waals surface area contributed by atoms with Crippen molar-refractivity contribution in [3.8, 4) is 17.2 Å². The molecule has 7 heteroatoms. The second-order valence-corrected chi connectivity index (χ2v) is 5.76. The Morgan fingerprint density at radius 3 is 2.34 bits per heavy atom. The van der Waals surface area contributed by atoms with E-state index < -0.39 is 11.9 Å². The summed E-state index contributed by atoms with van der Waals surface area (Å²) < 4.78 is 20.9. The molecule has 0 bridgehead atoms. The van der Waals surface area contributed by atoms with E-state index in [0.29, 0.717) is 29.2 Å². The molecule has 0 spiro atoms. The Balaban J connectivity index is 2.12. The zero-order valence-electron chi connectivity index (χ0n) is 16.2. The number of carboxylic acid groups (broad SMARTS) is 1. The molecule has 0 aromatic heterocycles. The number of hydrogen-bond donors (Lipinski definition) is 1. The summed E-state index contributed by atoms with van der Waals surface area (Å²) in [6, 6.07) is 11.2.